The van der Waals surface area contributed by atoms with Gasteiger partial charge in [0, 0.05) is 11.8 Å². The fourth-order valence-corrected chi connectivity index (χ4v) is 1.72. The second-order valence-electron chi connectivity index (χ2n) is 3.18. The number of nitro groups is 1. The SMILES string of the molecule is O=[N+]([O-])c1c[nH]cc1-c1ccc(O)cc1Cl. The monoisotopic (exact) mass is 238 g/mol. The van der Waals surface area contributed by atoms with Crippen LogP contribution in [-0.4, -0.2) is 15.0 Å². The van der Waals surface area contributed by atoms with E-state index < -0.39 is 4.92 Å². The van der Waals surface area contributed by atoms with Gasteiger partial charge in [-0.15, -0.1) is 0 Å². The highest BCUT2D eigenvalue weighted by atomic mass is 35.5. The summed E-state index contributed by atoms with van der Waals surface area (Å²) in [5, 5.41) is 20.2. The third-order valence-corrected chi connectivity index (χ3v) is 2.48. The van der Waals surface area contributed by atoms with Gasteiger partial charge in [-0.2, -0.15) is 0 Å². The van der Waals surface area contributed by atoms with E-state index in [4.69, 9.17) is 11.6 Å². The fourth-order valence-electron chi connectivity index (χ4n) is 1.44. The first-order chi connectivity index (χ1) is 7.59. The number of hydrogen-bond donors (Lipinski definition) is 2. The van der Waals surface area contributed by atoms with Crippen LogP contribution >= 0.6 is 11.6 Å². The van der Waals surface area contributed by atoms with Crippen LogP contribution in [0.5, 0.6) is 5.75 Å². The molecule has 0 spiro atoms. The van der Waals surface area contributed by atoms with E-state index in [1.165, 1.54) is 30.6 Å². The number of aromatic nitrogens is 1. The van der Waals surface area contributed by atoms with Crippen molar-refractivity contribution in [1.29, 1.82) is 0 Å². The Balaban J connectivity index is 2.59. The maximum Gasteiger partial charge on any atom is 0.294 e. The van der Waals surface area contributed by atoms with Crippen molar-refractivity contribution >= 4 is 17.3 Å². The topological polar surface area (TPSA) is 79.2 Å². The summed E-state index contributed by atoms with van der Waals surface area (Å²) in [5.41, 5.74) is 0.856. The highest BCUT2D eigenvalue weighted by Crippen LogP contribution is 2.35. The molecule has 0 bridgehead atoms. The standard InChI is InChI=1S/C10H7ClN2O3/c11-9-3-6(14)1-2-7(9)8-4-12-5-10(8)13(15)16/h1-5,12,14H. The zero-order valence-corrected chi connectivity index (χ0v) is 8.73. The lowest BCUT2D eigenvalue weighted by Crippen LogP contribution is -1.88. The van der Waals surface area contributed by atoms with E-state index in [-0.39, 0.29) is 16.5 Å². The lowest BCUT2D eigenvalue weighted by Gasteiger charge is -2.02. The van der Waals surface area contributed by atoms with Crippen LogP contribution in [0, 0.1) is 10.1 Å². The van der Waals surface area contributed by atoms with Gasteiger partial charge in [0.25, 0.3) is 5.69 Å². The molecule has 1 aromatic carbocycles. The summed E-state index contributed by atoms with van der Waals surface area (Å²) in [7, 11) is 0. The third-order valence-electron chi connectivity index (χ3n) is 2.16. The van der Waals surface area contributed by atoms with Crippen molar-refractivity contribution in [1.82, 2.24) is 4.98 Å². The molecule has 16 heavy (non-hydrogen) atoms. The maximum atomic E-state index is 10.7. The van der Waals surface area contributed by atoms with Crippen LogP contribution in [0.25, 0.3) is 11.1 Å². The summed E-state index contributed by atoms with van der Waals surface area (Å²) in [4.78, 5) is 12.9. The number of H-pyrrole nitrogens is 1. The van der Waals surface area contributed by atoms with E-state index in [1.807, 2.05) is 0 Å². The molecule has 6 heteroatoms. The van der Waals surface area contributed by atoms with Gasteiger partial charge in [-0.25, -0.2) is 0 Å². The van der Waals surface area contributed by atoms with Crippen LogP contribution in [-0.2, 0) is 0 Å². The molecule has 0 aliphatic heterocycles. The summed E-state index contributed by atoms with van der Waals surface area (Å²) in [6.07, 6.45) is 2.79. The van der Waals surface area contributed by atoms with Crippen LogP contribution < -0.4 is 0 Å². The van der Waals surface area contributed by atoms with Crippen molar-refractivity contribution < 1.29 is 10.0 Å². The van der Waals surface area contributed by atoms with Crippen LogP contribution in [0.4, 0.5) is 5.69 Å². The number of nitrogens with zero attached hydrogens (tertiary/aromatic N) is 1. The number of nitrogens with one attached hydrogen (secondary N) is 1. The Morgan fingerprint density at radius 2 is 2.06 bits per heavy atom. The maximum absolute atomic E-state index is 10.7. The molecule has 0 amide bonds. The van der Waals surface area contributed by atoms with Gasteiger partial charge in [0.2, 0.25) is 0 Å². The molecule has 0 unspecified atom stereocenters. The van der Waals surface area contributed by atoms with Crippen molar-refractivity contribution in [3.8, 4) is 16.9 Å². The summed E-state index contributed by atoms with van der Waals surface area (Å²) in [6.45, 7) is 0. The Hall–Kier alpha value is -2.01. The minimum absolute atomic E-state index is 0.0203. The van der Waals surface area contributed by atoms with Crippen molar-refractivity contribution in [2.24, 2.45) is 0 Å². The van der Waals surface area contributed by atoms with E-state index in [0.29, 0.717) is 11.1 Å². The van der Waals surface area contributed by atoms with Crippen molar-refractivity contribution in [2.45, 2.75) is 0 Å². The van der Waals surface area contributed by atoms with Gasteiger partial charge >= 0.3 is 0 Å². The first kappa shape index (κ1) is 10.5. The Bertz CT molecular complexity index is 551. The third kappa shape index (κ3) is 1.72. The minimum atomic E-state index is -0.491. The lowest BCUT2D eigenvalue weighted by molar-refractivity contribution is -0.384. The molecule has 2 aromatic rings. The Labute approximate surface area is 95.4 Å². The van der Waals surface area contributed by atoms with Crippen LogP contribution in [0.1, 0.15) is 0 Å². The molecule has 0 fully saturated rings. The molecule has 1 heterocycles. The van der Waals surface area contributed by atoms with Crippen LogP contribution in [0.15, 0.2) is 30.6 Å². The smallest absolute Gasteiger partial charge is 0.294 e. The Kier molecular flexibility index (Phi) is 2.54. The van der Waals surface area contributed by atoms with Crippen molar-refractivity contribution in [2.75, 3.05) is 0 Å². The van der Waals surface area contributed by atoms with Gasteiger partial charge in [0.1, 0.15) is 5.75 Å². The normalized spacial score (nSPS) is 10.3. The molecular formula is C10H7ClN2O3. The van der Waals surface area contributed by atoms with Gasteiger partial charge in [0.05, 0.1) is 21.7 Å². The average Bonchev–Trinajstić information content (AvgIpc) is 2.66. The fraction of sp³-hybridized carbons (Fsp3) is 0. The molecule has 0 saturated carbocycles. The Morgan fingerprint density at radius 1 is 1.31 bits per heavy atom. The van der Waals surface area contributed by atoms with Gasteiger partial charge < -0.3 is 10.1 Å². The summed E-state index contributed by atoms with van der Waals surface area (Å²) < 4.78 is 0. The number of benzene rings is 1. The average molecular weight is 239 g/mol. The number of rotatable bonds is 2. The molecule has 2 rings (SSSR count). The number of halogens is 1. The first-order valence-electron chi connectivity index (χ1n) is 4.39. The molecular weight excluding hydrogens is 232 g/mol. The quantitative estimate of drug-likeness (QED) is 0.624. The predicted octanol–water partition coefficient (Wildman–Crippen LogP) is 2.95. The van der Waals surface area contributed by atoms with Gasteiger partial charge in [0.15, 0.2) is 0 Å². The van der Waals surface area contributed by atoms with E-state index >= 15 is 0 Å². The zero-order chi connectivity index (χ0) is 11.7. The van der Waals surface area contributed by atoms with Crippen LogP contribution in [0.2, 0.25) is 5.02 Å². The molecule has 0 saturated heterocycles. The van der Waals surface area contributed by atoms with Gasteiger partial charge in [-0.05, 0) is 18.2 Å². The number of phenolic OH excluding ortho intramolecular Hbond substituents is 1. The van der Waals surface area contributed by atoms with Gasteiger partial charge in [-0.1, -0.05) is 11.6 Å². The molecule has 0 atom stereocenters. The number of hydrogen-bond acceptors (Lipinski definition) is 3. The molecule has 5 nitrogen and oxygen atoms in total. The predicted molar refractivity (Wildman–Crippen MR) is 59.6 cm³/mol. The second-order valence-corrected chi connectivity index (χ2v) is 3.58. The van der Waals surface area contributed by atoms with Crippen molar-refractivity contribution in [3.05, 3.63) is 45.7 Å². The van der Waals surface area contributed by atoms with E-state index in [9.17, 15) is 15.2 Å². The summed E-state index contributed by atoms with van der Waals surface area (Å²) >= 11 is 5.90. The lowest BCUT2D eigenvalue weighted by atomic mass is 10.1. The van der Waals surface area contributed by atoms with E-state index in [2.05, 4.69) is 4.98 Å². The zero-order valence-electron chi connectivity index (χ0n) is 7.98. The second kappa shape index (κ2) is 3.86. The molecule has 2 N–H and O–H groups in total. The largest absolute Gasteiger partial charge is 0.508 e. The number of aromatic hydroxyl groups is 1. The molecule has 0 aliphatic rings. The minimum Gasteiger partial charge on any atom is -0.508 e. The molecule has 0 radical (unpaired) electrons. The molecule has 0 aliphatic carbocycles. The number of aromatic amines is 1. The number of phenols is 1. The molecule has 1 aromatic heterocycles. The first-order valence-corrected chi connectivity index (χ1v) is 4.77. The Morgan fingerprint density at radius 3 is 2.69 bits per heavy atom. The van der Waals surface area contributed by atoms with Crippen molar-refractivity contribution in [3.63, 3.8) is 0 Å². The van der Waals surface area contributed by atoms with E-state index in [1.54, 1.807) is 0 Å². The molecule has 82 valence electrons. The summed E-state index contributed by atoms with van der Waals surface area (Å²) in [6, 6.07) is 4.30. The summed E-state index contributed by atoms with van der Waals surface area (Å²) in [5.74, 6) is 0.0203. The van der Waals surface area contributed by atoms with Crippen LogP contribution in [0.3, 0.4) is 0 Å². The highest BCUT2D eigenvalue weighted by Gasteiger charge is 2.18. The highest BCUT2D eigenvalue weighted by molar-refractivity contribution is 6.33. The van der Waals surface area contributed by atoms with Gasteiger partial charge in [-0.3, -0.25) is 10.1 Å². The van der Waals surface area contributed by atoms with E-state index in [0.717, 1.165) is 0 Å².